The zero-order valence-electron chi connectivity index (χ0n) is 15.3. The molecule has 1 aliphatic rings. The van der Waals surface area contributed by atoms with Gasteiger partial charge in [0, 0.05) is 20.1 Å². The number of nitrogens with one attached hydrogen (secondary N) is 2. The van der Waals surface area contributed by atoms with Gasteiger partial charge in [-0.05, 0) is 49.7 Å². The van der Waals surface area contributed by atoms with Crippen LogP contribution in [0.1, 0.15) is 24.8 Å². The van der Waals surface area contributed by atoms with E-state index >= 15 is 0 Å². The molecule has 26 heavy (non-hydrogen) atoms. The van der Waals surface area contributed by atoms with E-state index in [9.17, 15) is 0 Å². The first-order valence-corrected chi connectivity index (χ1v) is 9.99. The van der Waals surface area contributed by atoms with Gasteiger partial charge in [0.2, 0.25) is 10.3 Å². The normalized spacial score (nSPS) is 15.3. The molecule has 0 spiro atoms. The van der Waals surface area contributed by atoms with Gasteiger partial charge in [0.25, 0.3) is 0 Å². The van der Waals surface area contributed by atoms with Crippen LogP contribution >= 0.6 is 11.3 Å². The van der Waals surface area contributed by atoms with Gasteiger partial charge < -0.3 is 15.4 Å². The smallest absolute Gasteiger partial charge is 0.207 e. The van der Waals surface area contributed by atoms with Gasteiger partial charge in [-0.25, -0.2) is 0 Å². The summed E-state index contributed by atoms with van der Waals surface area (Å²) in [7, 11) is 1.84. The Hall–Kier alpha value is -2.12. The fourth-order valence-electron chi connectivity index (χ4n) is 2.95. The van der Waals surface area contributed by atoms with Crippen LogP contribution in [0.5, 0.6) is 5.75 Å². The fourth-order valence-corrected chi connectivity index (χ4v) is 3.55. The molecule has 1 fully saturated rings. The predicted molar refractivity (Wildman–Crippen MR) is 108 cm³/mol. The minimum absolute atomic E-state index is 0.562. The van der Waals surface area contributed by atoms with Gasteiger partial charge in [-0.1, -0.05) is 36.0 Å². The first-order chi connectivity index (χ1) is 12.8. The molecule has 0 aliphatic carbocycles. The van der Waals surface area contributed by atoms with Crippen LogP contribution in [0.25, 0.3) is 0 Å². The van der Waals surface area contributed by atoms with E-state index in [0.717, 1.165) is 22.6 Å². The van der Waals surface area contributed by atoms with Crippen LogP contribution in [0, 0.1) is 0 Å². The number of likely N-dealkylation sites (tertiary alicyclic amines) is 1. The molecule has 1 aliphatic heterocycles. The Morgan fingerprint density at radius 2 is 2.00 bits per heavy atom. The highest BCUT2D eigenvalue weighted by molar-refractivity contribution is 7.19. The predicted octanol–water partition coefficient (Wildman–Crippen LogP) is 3.61. The number of piperidine rings is 1. The van der Waals surface area contributed by atoms with E-state index in [1.54, 1.807) is 0 Å². The molecular formula is C19H27N5OS. The molecule has 2 heterocycles. The third-order valence-electron chi connectivity index (χ3n) is 4.28. The van der Waals surface area contributed by atoms with Crippen molar-refractivity contribution in [3.05, 3.63) is 42.0 Å². The van der Waals surface area contributed by atoms with Gasteiger partial charge in [-0.2, -0.15) is 0 Å². The lowest BCUT2D eigenvalue weighted by Gasteiger charge is -2.26. The van der Waals surface area contributed by atoms with Crippen LogP contribution in [0.3, 0.4) is 0 Å². The fraction of sp³-hybridized carbons (Fsp3) is 0.474. The summed E-state index contributed by atoms with van der Waals surface area (Å²) < 4.78 is 5.84. The summed E-state index contributed by atoms with van der Waals surface area (Å²) in [5, 5.41) is 15.8. The molecule has 0 amide bonds. The van der Waals surface area contributed by atoms with Crippen molar-refractivity contribution in [2.24, 2.45) is 0 Å². The van der Waals surface area contributed by atoms with Crippen LogP contribution in [-0.2, 0) is 6.54 Å². The van der Waals surface area contributed by atoms with E-state index in [-0.39, 0.29) is 0 Å². The molecule has 0 radical (unpaired) electrons. The van der Waals surface area contributed by atoms with Crippen LogP contribution in [0.15, 0.2) is 36.4 Å². The first-order valence-electron chi connectivity index (χ1n) is 9.18. The molecule has 0 bridgehead atoms. The highest BCUT2D eigenvalue weighted by atomic mass is 32.1. The number of rotatable bonds is 9. The second kappa shape index (κ2) is 10.1. The SMILES string of the molecule is CNc1nnc(NC/C=C/COc2cccc(CN3CCCCC3)c2)s1. The Morgan fingerprint density at radius 1 is 1.15 bits per heavy atom. The summed E-state index contributed by atoms with van der Waals surface area (Å²) in [5.74, 6) is 0.930. The Kier molecular flexibility index (Phi) is 7.27. The number of benzene rings is 1. The minimum Gasteiger partial charge on any atom is -0.490 e. The maximum atomic E-state index is 5.84. The monoisotopic (exact) mass is 373 g/mol. The van der Waals surface area contributed by atoms with Crippen LogP contribution < -0.4 is 15.4 Å². The average Bonchev–Trinajstić information content (AvgIpc) is 3.14. The van der Waals surface area contributed by atoms with E-state index < -0.39 is 0 Å². The topological polar surface area (TPSA) is 62.3 Å². The highest BCUT2D eigenvalue weighted by Gasteiger charge is 2.10. The van der Waals surface area contributed by atoms with Gasteiger partial charge in [-0.3, -0.25) is 4.90 Å². The standard InChI is InChI=1S/C19H27N5OS/c1-20-18-22-23-19(26-18)21-10-3-6-13-25-17-9-7-8-16(14-17)15-24-11-4-2-5-12-24/h3,6-9,14H,2,4-5,10-13,15H2,1H3,(H,20,22)(H,21,23)/b6-3+. The van der Waals surface area contributed by atoms with Gasteiger partial charge >= 0.3 is 0 Å². The minimum atomic E-state index is 0.562. The second-order valence-corrected chi connectivity index (χ2v) is 7.29. The molecule has 0 unspecified atom stereocenters. The summed E-state index contributed by atoms with van der Waals surface area (Å²) in [6.07, 6.45) is 8.07. The van der Waals surface area contributed by atoms with Gasteiger partial charge in [0.1, 0.15) is 12.4 Å². The van der Waals surface area contributed by atoms with Gasteiger partial charge in [-0.15, -0.1) is 10.2 Å². The van der Waals surface area contributed by atoms with Crippen molar-refractivity contribution in [1.82, 2.24) is 15.1 Å². The van der Waals surface area contributed by atoms with Crippen molar-refractivity contribution in [2.75, 3.05) is 43.9 Å². The molecule has 3 rings (SSSR count). The number of aromatic nitrogens is 2. The maximum Gasteiger partial charge on any atom is 0.207 e. The van der Waals surface area contributed by atoms with Crippen LogP contribution in [0.2, 0.25) is 0 Å². The van der Waals surface area contributed by atoms with Crippen molar-refractivity contribution < 1.29 is 4.74 Å². The first kappa shape index (κ1) is 18.7. The number of anilines is 2. The second-order valence-electron chi connectivity index (χ2n) is 6.31. The number of nitrogens with zero attached hydrogens (tertiary/aromatic N) is 3. The summed E-state index contributed by atoms with van der Waals surface area (Å²) in [5.41, 5.74) is 1.33. The molecule has 1 aromatic heterocycles. The van der Waals surface area contributed by atoms with Gasteiger partial charge in [0.05, 0.1) is 0 Å². The summed E-state index contributed by atoms with van der Waals surface area (Å²) in [6, 6.07) is 8.44. The lowest BCUT2D eigenvalue weighted by atomic mass is 10.1. The molecule has 1 saturated heterocycles. The zero-order chi connectivity index (χ0) is 18.0. The van der Waals surface area contributed by atoms with E-state index in [2.05, 4.69) is 43.9 Å². The highest BCUT2D eigenvalue weighted by Crippen LogP contribution is 2.19. The summed E-state index contributed by atoms with van der Waals surface area (Å²) in [4.78, 5) is 2.53. The van der Waals surface area contributed by atoms with E-state index in [1.807, 2.05) is 25.3 Å². The van der Waals surface area contributed by atoms with Crippen LogP contribution in [-0.4, -0.2) is 48.4 Å². The van der Waals surface area contributed by atoms with Crippen molar-refractivity contribution in [1.29, 1.82) is 0 Å². The molecule has 140 valence electrons. The zero-order valence-corrected chi connectivity index (χ0v) is 16.1. The lowest BCUT2D eigenvalue weighted by Crippen LogP contribution is -2.29. The Labute approximate surface area is 159 Å². The largest absolute Gasteiger partial charge is 0.490 e. The Bertz CT molecular complexity index is 697. The third kappa shape index (κ3) is 6.00. The Balaban J connectivity index is 1.37. The molecule has 6 nitrogen and oxygen atoms in total. The molecule has 2 N–H and O–H groups in total. The molecule has 0 atom stereocenters. The number of hydrogen-bond acceptors (Lipinski definition) is 7. The third-order valence-corrected chi connectivity index (χ3v) is 5.17. The molecule has 7 heteroatoms. The quantitative estimate of drug-likeness (QED) is 0.655. The summed E-state index contributed by atoms with van der Waals surface area (Å²) >= 11 is 1.50. The molecular weight excluding hydrogens is 346 g/mol. The average molecular weight is 374 g/mol. The van der Waals surface area contributed by atoms with Crippen molar-refractivity contribution >= 4 is 21.6 Å². The van der Waals surface area contributed by atoms with Crippen molar-refractivity contribution in [2.45, 2.75) is 25.8 Å². The van der Waals surface area contributed by atoms with Crippen molar-refractivity contribution in [3.8, 4) is 5.75 Å². The van der Waals surface area contributed by atoms with E-state index in [1.165, 1.54) is 49.3 Å². The van der Waals surface area contributed by atoms with Gasteiger partial charge in [0.15, 0.2) is 0 Å². The lowest BCUT2D eigenvalue weighted by molar-refractivity contribution is 0.220. The van der Waals surface area contributed by atoms with E-state index in [0.29, 0.717) is 13.2 Å². The molecule has 0 saturated carbocycles. The maximum absolute atomic E-state index is 5.84. The molecule has 1 aromatic carbocycles. The molecule has 2 aromatic rings. The number of ether oxygens (including phenoxy) is 1. The van der Waals surface area contributed by atoms with E-state index in [4.69, 9.17) is 4.74 Å². The number of hydrogen-bond donors (Lipinski definition) is 2. The summed E-state index contributed by atoms with van der Waals surface area (Å²) in [6.45, 7) is 4.72. The Morgan fingerprint density at radius 3 is 2.81 bits per heavy atom. The van der Waals surface area contributed by atoms with Crippen molar-refractivity contribution in [3.63, 3.8) is 0 Å². The van der Waals surface area contributed by atoms with Crippen LogP contribution in [0.4, 0.5) is 10.3 Å².